The molecule has 2 heterocycles. The maximum Gasteiger partial charge on any atom is 0.356 e. The number of piperazine rings is 1. The molecule has 1 aliphatic heterocycles. The van der Waals surface area contributed by atoms with Gasteiger partial charge in [-0.15, -0.1) is 0 Å². The number of anilines is 1. The van der Waals surface area contributed by atoms with Gasteiger partial charge in [0.1, 0.15) is 5.69 Å². The Morgan fingerprint density at radius 1 is 1.25 bits per heavy atom. The van der Waals surface area contributed by atoms with Crippen LogP contribution in [0.5, 0.6) is 0 Å². The molecule has 0 saturated carbocycles. The van der Waals surface area contributed by atoms with Gasteiger partial charge in [-0.25, -0.2) is 9.78 Å². The van der Waals surface area contributed by atoms with Crippen molar-refractivity contribution in [3.63, 3.8) is 0 Å². The van der Waals surface area contributed by atoms with E-state index in [-0.39, 0.29) is 0 Å². The summed E-state index contributed by atoms with van der Waals surface area (Å²) in [6.07, 6.45) is 0. The normalized spacial score (nSPS) is 15.3. The lowest BCUT2D eigenvalue weighted by atomic mass is 10.1. The molecule has 0 amide bonds. The first-order valence-corrected chi connectivity index (χ1v) is 6.73. The van der Waals surface area contributed by atoms with Crippen molar-refractivity contribution < 1.29 is 9.53 Å². The van der Waals surface area contributed by atoms with E-state index < -0.39 is 5.97 Å². The van der Waals surface area contributed by atoms with E-state index >= 15 is 0 Å². The largest absolute Gasteiger partial charge is 0.464 e. The zero-order chi connectivity index (χ0) is 13.9. The van der Waals surface area contributed by atoms with Gasteiger partial charge in [0, 0.05) is 37.3 Å². The van der Waals surface area contributed by atoms with E-state index in [9.17, 15) is 4.79 Å². The van der Waals surface area contributed by atoms with Gasteiger partial charge >= 0.3 is 5.97 Å². The number of carbonyl (C=O) groups is 1. The maximum absolute atomic E-state index is 11.5. The molecule has 0 spiro atoms. The number of esters is 1. The third kappa shape index (κ3) is 2.44. The van der Waals surface area contributed by atoms with Crippen LogP contribution >= 0.6 is 0 Å². The molecule has 0 atom stereocenters. The summed E-state index contributed by atoms with van der Waals surface area (Å²) in [4.78, 5) is 18.1. The number of hydrogen-bond donors (Lipinski definition) is 1. The van der Waals surface area contributed by atoms with Crippen LogP contribution in [-0.4, -0.2) is 44.2 Å². The number of aromatic nitrogens is 1. The highest BCUT2D eigenvalue weighted by atomic mass is 16.5. The minimum atomic E-state index is -0.405. The molecular formula is C15H17N3O2. The van der Waals surface area contributed by atoms with Crippen molar-refractivity contribution in [1.29, 1.82) is 0 Å². The summed E-state index contributed by atoms with van der Waals surface area (Å²) in [5, 5.41) is 4.38. The van der Waals surface area contributed by atoms with E-state index in [1.54, 1.807) is 6.07 Å². The van der Waals surface area contributed by atoms with Gasteiger partial charge in [-0.05, 0) is 24.3 Å². The highest BCUT2D eigenvalue weighted by Gasteiger charge is 2.12. The second kappa shape index (κ2) is 5.46. The number of ether oxygens (including phenoxy) is 1. The summed E-state index contributed by atoms with van der Waals surface area (Å²) in [6, 6.07) is 9.76. The van der Waals surface area contributed by atoms with Crippen LogP contribution in [0.4, 0.5) is 5.69 Å². The van der Waals surface area contributed by atoms with Gasteiger partial charge in [-0.1, -0.05) is 6.07 Å². The van der Waals surface area contributed by atoms with Crippen molar-refractivity contribution >= 4 is 22.6 Å². The lowest BCUT2D eigenvalue weighted by Crippen LogP contribution is -2.43. The predicted octanol–water partition coefficient (Wildman–Crippen LogP) is 1.43. The molecule has 0 radical (unpaired) electrons. The quantitative estimate of drug-likeness (QED) is 0.837. The Kier molecular flexibility index (Phi) is 3.52. The predicted molar refractivity (Wildman–Crippen MR) is 78.2 cm³/mol. The number of nitrogens with zero attached hydrogens (tertiary/aromatic N) is 2. The zero-order valence-electron chi connectivity index (χ0n) is 11.4. The number of pyridine rings is 1. The van der Waals surface area contributed by atoms with Crippen LogP contribution in [-0.2, 0) is 4.74 Å². The molecule has 5 nitrogen and oxygen atoms in total. The fourth-order valence-electron chi connectivity index (χ4n) is 2.45. The number of benzene rings is 1. The van der Waals surface area contributed by atoms with Gasteiger partial charge in [-0.3, -0.25) is 0 Å². The van der Waals surface area contributed by atoms with Crippen LogP contribution in [0.2, 0.25) is 0 Å². The molecule has 3 rings (SSSR count). The Labute approximate surface area is 117 Å². The van der Waals surface area contributed by atoms with Crippen LogP contribution in [0.1, 0.15) is 10.5 Å². The second-order valence-corrected chi connectivity index (χ2v) is 4.80. The Hall–Kier alpha value is -2.14. The maximum atomic E-state index is 11.5. The molecular weight excluding hydrogens is 254 g/mol. The molecule has 1 aromatic carbocycles. The van der Waals surface area contributed by atoms with Gasteiger partial charge in [0.15, 0.2) is 0 Å². The molecule has 0 aliphatic carbocycles. The molecule has 1 aromatic heterocycles. The van der Waals surface area contributed by atoms with Gasteiger partial charge in [-0.2, -0.15) is 0 Å². The van der Waals surface area contributed by atoms with E-state index in [2.05, 4.69) is 32.1 Å². The highest BCUT2D eigenvalue weighted by Crippen LogP contribution is 2.22. The first kappa shape index (κ1) is 12.9. The third-order valence-corrected chi connectivity index (χ3v) is 3.55. The Morgan fingerprint density at radius 3 is 2.80 bits per heavy atom. The van der Waals surface area contributed by atoms with E-state index in [4.69, 9.17) is 0 Å². The molecule has 1 fully saturated rings. The standard InChI is InChI=1S/C15H17N3O2/c1-20-15(19)14-4-2-11-10-12(3-5-13(11)17-14)18-8-6-16-7-9-18/h2-5,10,16H,6-9H2,1H3. The second-order valence-electron chi connectivity index (χ2n) is 4.80. The molecule has 5 heteroatoms. The smallest absolute Gasteiger partial charge is 0.356 e. The van der Waals surface area contributed by atoms with Crippen molar-refractivity contribution in [3.8, 4) is 0 Å². The van der Waals surface area contributed by atoms with E-state index in [0.717, 1.165) is 37.1 Å². The van der Waals surface area contributed by atoms with Crippen molar-refractivity contribution in [1.82, 2.24) is 10.3 Å². The minimum absolute atomic E-state index is 0.343. The monoisotopic (exact) mass is 271 g/mol. The van der Waals surface area contributed by atoms with E-state index in [1.807, 2.05) is 12.1 Å². The lowest BCUT2D eigenvalue weighted by Gasteiger charge is -2.29. The summed E-state index contributed by atoms with van der Waals surface area (Å²) in [5.41, 5.74) is 2.35. The van der Waals surface area contributed by atoms with E-state index in [1.165, 1.54) is 12.8 Å². The van der Waals surface area contributed by atoms with Gasteiger partial charge in [0.2, 0.25) is 0 Å². The van der Waals surface area contributed by atoms with Crippen LogP contribution in [0.15, 0.2) is 30.3 Å². The summed E-state index contributed by atoms with van der Waals surface area (Å²) in [5.74, 6) is -0.405. The lowest BCUT2D eigenvalue weighted by molar-refractivity contribution is 0.0594. The van der Waals surface area contributed by atoms with Gasteiger partial charge < -0.3 is 15.0 Å². The Bertz CT molecular complexity index is 636. The van der Waals surface area contributed by atoms with Crippen LogP contribution in [0, 0.1) is 0 Å². The number of fused-ring (bicyclic) bond motifs is 1. The first-order chi connectivity index (χ1) is 9.78. The van der Waals surface area contributed by atoms with Crippen molar-refractivity contribution in [2.75, 3.05) is 38.2 Å². The van der Waals surface area contributed by atoms with Crippen LogP contribution < -0.4 is 10.2 Å². The number of nitrogens with one attached hydrogen (secondary N) is 1. The number of carbonyl (C=O) groups excluding carboxylic acids is 1. The fourth-order valence-corrected chi connectivity index (χ4v) is 2.45. The molecule has 0 unspecified atom stereocenters. The van der Waals surface area contributed by atoms with Crippen LogP contribution in [0.25, 0.3) is 10.9 Å². The van der Waals surface area contributed by atoms with Crippen molar-refractivity contribution in [3.05, 3.63) is 36.0 Å². The average Bonchev–Trinajstić information content (AvgIpc) is 2.54. The van der Waals surface area contributed by atoms with Gasteiger partial charge in [0.05, 0.1) is 12.6 Å². The number of hydrogen-bond acceptors (Lipinski definition) is 5. The fraction of sp³-hybridized carbons (Fsp3) is 0.333. The summed E-state index contributed by atoms with van der Waals surface area (Å²) < 4.78 is 4.69. The molecule has 1 aliphatic rings. The molecule has 20 heavy (non-hydrogen) atoms. The van der Waals surface area contributed by atoms with Crippen molar-refractivity contribution in [2.24, 2.45) is 0 Å². The SMILES string of the molecule is COC(=O)c1ccc2cc(N3CCNCC3)ccc2n1. The molecule has 2 aromatic rings. The van der Waals surface area contributed by atoms with E-state index in [0.29, 0.717) is 5.69 Å². The van der Waals surface area contributed by atoms with Gasteiger partial charge in [0.25, 0.3) is 0 Å². The number of rotatable bonds is 2. The minimum Gasteiger partial charge on any atom is -0.464 e. The summed E-state index contributed by atoms with van der Waals surface area (Å²) in [7, 11) is 1.36. The molecule has 1 N–H and O–H groups in total. The van der Waals surface area contributed by atoms with Crippen molar-refractivity contribution in [2.45, 2.75) is 0 Å². The Balaban J connectivity index is 1.93. The highest BCUT2D eigenvalue weighted by molar-refractivity contribution is 5.91. The molecule has 1 saturated heterocycles. The summed E-state index contributed by atoms with van der Waals surface area (Å²) >= 11 is 0. The zero-order valence-corrected chi connectivity index (χ0v) is 11.4. The third-order valence-electron chi connectivity index (χ3n) is 3.55. The first-order valence-electron chi connectivity index (χ1n) is 6.73. The average molecular weight is 271 g/mol. The Morgan fingerprint density at radius 2 is 2.05 bits per heavy atom. The molecule has 104 valence electrons. The topological polar surface area (TPSA) is 54.5 Å². The molecule has 0 bridgehead atoms. The number of methoxy groups -OCH3 is 1. The summed E-state index contributed by atoms with van der Waals surface area (Å²) in [6.45, 7) is 4.05. The van der Waals surface area contributed by atoms with Crippen LogP contribution in [0.3, 0.4) is 0 Å².